The molecule has 2 rings (SSSR count). The molecule has 0 heterocycles. The van der Waals surface area contributed by atoms with E-state index in [1.54, 1.807) is 49.6 Å². The van der Waals surface area contributed by atoms with Crippen LogP contribution in [-0.2, 0) is 4.79 Å². The summed E-state index contributed by atoms with van der Waals surface area (Å²) in [5.74, 6) is 0.137. The predicted octanol–water partition coefficient (Wildman–Crippen LogP) is 2.67. The van der Waals surface area contributed by atoms with Gasteiger partial charge in [-0.3, -0.25) is 25.8 Å². The van der Waals surface area contributed by atoms with Crippen LogP contribution in [0.1, 0.15) is 10.4 Å². The van der Waals surface area contributed by atoms with Crippen molar-refractivity contribution in [3.05, 3.63) is 56.6 Å². The Labute approximate surface area is 179 Å². The van der Waals surface area contributed by atoms with Crippen molar-refractivity contribution in [1.82, 2.24) is 16.2 Å². The minimum absolute atomic E-state index is 0.0584. The van der Waals surface area contributed by atoms with Crippen molar-refractivity contribution in [3.8, 4) is 11.5 Å². The molecule has 0 radical (unpaired) electrons. The van der Waals surface area contributed by atoms with Gasteiger partial charge in [-0.1, -0.05) is 23.7 Å². The maximum atomic E-state index is 12.2. The van der Waals surface area contributed by atoms with Crippen molar-refractivity contribution in [2.75, 3.05) is 13.7 Å². The maximum absolute atomic E-state index is 12.2. The lowest BCUT2D eigenvalue weighted by Gasteiger charge is -2.12. The van der Waals surface area contributed by atoms with E-state index >= 15 is 0 Å². The smallest absolute Gasteiger partial charge is 0.276 e. The van der Waals surface area contributed by atoms with Crippen LogP contribution >= 0.6 is 46.4 Å². The topological polar surface area (TPSA) is 88.7 Å². The molecule has 7 nitrogen and oxygen atoms in total. The first kappa shape index (κ1) is 21.2. The summed E-state index contributed by atoms with van der Waals surface area (Å²) in [4.78, 5) is 23.9. The van der Waals surface area contributed by atoms with E-state index in [1.165, 1.54) is 0 Å². The number of amides is 2. The van der Waals surface area contributed by atoms with Gasteiger partial charge in [-0.2, -0.15) is 0 Å². The fourth-order valence-corrected chi connectivity index (χ4v) is 2.95. The number of carbonyl (C=O) groups excluding carboxylic acids is 2. The quantitative estimate of drug-likeness (QED) is 0.320. The Kier molecular flexibility index (Phi) is 8.07. The molecule has 27 heavy (non-hydrogen) atoms. The van der Waals surface area contributed by atoms with Crippen LogP contribution in [-0.4, -0.2) is 30.6 Å². The highest BCUT2D eigenvalue weighted by Gasteiger charge is 2.11. The van der Waals surface area contributed by atoms with Crippen molar-refractivity contribution in [2.45, 2.75) is 0 Å². The van der Waals surface area contributed by atoms with Crippen LogP contribution in [0, 0.1) is 3.57 Å². The average molecular weight is 520 g/mol. The van der Waals surface area contributed by atoms with E-state index in [0.29, 0.717) is 22.1 Å². The molecule has 0 aliphatic rings. The van der Waals surface area contributed by atoms with Crippen LogP contribution in [0.5, 0.6) is 11.5 Å². The molecule has 0 atom stereocenters. The van der Waals surface area contributed by atoms with Crippen molar-refractivity contribution in [3.63, 3.8) is 0 Å². The lowest BCUT2D eigenvalue weighted by atomic mass is 10.2. The standard InChI is InChI=1S/C17H15ClIN3O4S/c1-25-14-7-6-10(8-12(14)19)16(24)20-17(27)22-21-15(23)9-26-13-5-3-2-4-11(13)18/h2-8H,9H2,1H3,(H,21,23)(H2,20,22,24,27). The second kappa shape index (κ2) is 10.3. The van der Waals surface area contributed by atoms with Gasteiger partial charge in [0.25, 0.3) is 11.8 Å². The molecule has 0 aliphatic heterocycles. The summed E-state index contributed by atoms with van der Waals surface area (Å²) in [5, 5.41) is 2.80. The fourth-order valence-electron chi connectivity index (χ4n) is 1.88. The number of halogens is 2. The van der Waals surface area contributed by atoms with Crippen LogP contribution in [0.15, 0.2) is 42.5 Å². The number of benzene rings is 2. The first-order chi connectivity index (χ1) is 12.9. The zero-order chi connectivity index (χ0) is 19.8. The Morgan fingerprint density at radius 3 is 2.56 bits per heavy atom. The van der Waals surface area contributed by atoms with Gasteiger partial charge in [0, 0.05) is 5.56 Å². The number of thiocarbonyl (C=S) groups is 1. The summed E-state index contributed by atoms with van der Waals surface area (Å²) in [6, 6.07) is 11.7. The minimum Gasteiger partial charge on any atom is -0.496 e. The molecule has 0 aliphatic carbocycles. The predicted molar refractivity (Wildman–Crippen MR) is 114 cm³/mol. The van der Waals surface area contributed by atoms with Gasteiger partial charge in [-0.25, -0.2) is 0 Å². The number of hydrogen-bond acceptors (Lipinski definition) is 5. The van der Waals surface area contributed by atoms with Gasteiger partial charge < -0.3 is 9.47 Å². The van der Waals surface area contributed by atoms with E-state index in [1.807, 2.05) is 0 Å². The lowest BCUT2D eigenvalue weighted by molar-refractivity contribution is -0.123. The highest BCUT2D eigenvalue weighted by Crippen LogP contribution is 2.23. The van der Waals surface area contributed by atoms with Crippen LogP contribution in [0.2, 0.25) is 5.02 Å². The molecule has 0 saturated heterocycles. The molecule has 2 aromatic carbocycles. The zero-order valence-corrected chi connectivity index (χ0v) is 17.8. The van der Waals surface area contributed by atoms with Crippen molar-refractivity contribution in [2.24, 2.45) is 0 Å². The van der Waals surface area contributed by atoms with E-state index in [-0.39, 0.29) is 11.7 Å². The van der Waals surface area contributed by atoms with Crippen molar-refractivity contribution >= 4 is 63.3 Å². The molecule has 0 bridgehead atoms. The summed E-state index contributed by atoms with van der Waals surface area (Å²) < 4.78 is 11.2. The lowest BCUT2D eigenvalue weighted by Crippen LogP contribution is -2.49. The van der Waals surface area contributed by atoms with Crippen LogP contribution in [0.25, 0.3) is 0 Å². The Morgan fingerprint density at radius 2 is 1.89 bits per heavy atom. The monoisotopic (exact) mass is 519 g/mol. The third-order valence-corrected chi connectivity index (χ3v) is 4.51. The number of methoxy groups -OCH3 is 1. The second-order valence-electron chi connectivity index (χ2n) is 5.02. The number of hydrogen-bond donors (Lipinski definition) is 3. The molecule has 0 saturated carbocycles. The number of ether oxygens (including phenoxy) is 2. The van der Waals surface area contributed by atoms with Crippen LogP contribution in [0.3, 0.4) is 0 Å². The molecule has 2 aromatic rings. The highest BCUT2D eigenvalue weighted by atomic mass is 127. The van der Waals surface area contributed by atoms with Crippen molar-refractivity contribution in [1.29, 1.82) is 0 Å². The summed E-state index contributed by atoms with van der Waals surface area (Å²) >= 11 is 13.0. The van der Waals surface area contributed by atoms with E-state index in [0.717, 1.165) is 3.57 Å². The van der Waals surface area contributed by atoms with Gasteiger partial charge in [-0.05, 0) is 65.1 Å². The van der Waals surface area contributed by atoms with Gasteiger partial charge in [0.2, 0.25) is 0 Å². The van der Waals surface area contributed by atoms with E-state index in [2.05, 4.69) is 38.8 Å². The second-order valence-corrected chi connectivity index (χ2v) is 7.00. The summed E-state index contributed by atoms with van der Waals surface area (Å²) in [6.45, 7) is -0.274. The number of rotatable bonds is 5. The fraction of sp³-hybridized carbons (Fsp3) is 0.118. The third-order valence-electron chi connectivity index (χ3n) is 3.15. The Balaban J connectivity index is 1.78. The van der Waals surface area contributed by atoms with Crippen molar-refractivity contribution < 1.29 is 19.1 Å². The number of carbonyl (C=O) groups is 2. The first-order valence-corrected chi connectivity index (χ1v) is 9.38. The molecule has 10 heteroatoms. The maximum Gasteiger partial charge on any atom is 0.276 e. The van der Waals surface area contributed by atoms with E-state index in [4.69, 9.17) is 33.3 Å². The van der Waals surface area contributed by atoms with E-state index < -0.39 is 11.8 Å². The summed E-state index contributed by atoms with van der Waals surface area (Å²) in [7, 11) is 1.55. The molecule has 3 N–H and O–H groups in total. The Morgan fingerprint density at radius 1 is 1.15 bits per heavy atom. The van der Waals surface area contributed by atoms with Gasteiger partial charge >= 0.3 is 0 Å². The van der Waals surface area contributed by atoms with Gasteiger partial charge in [-0.15, -0.1) is 0 Å². The largest absolute Gasteiger partial charge is 0.496 e. The molecule has 2 amide bonds. The average Bonchev–Trinajstić information content (AvgIpc) is 2.65. The number of hydrazine groups is 1. The van der Waals surface area contributed by atoms with Gasteiger partial charge in [0.15, 0.2) is 11.7 Å². The summed E-state index contributed by atoms with van der Waals surface area (Å²) in [6.07, 6.45) is 0. The molecular weight excluding hydrogens is 505 g/mol. The molecule has 0 unspecified atom stereocenters. The normalized spacial score (nSPS) is 9.89. The SMILES string of the molecule is COc1ccc(C(=O)NC(=S)NNC(=O)COc2ccccc2Cl)cc1I. The first-order valence-electron chi connectivity index (χ1n) is 7.51. The highest BCUT2D eigenvalue weighted by molar-refractivity contribution is 14.1. The molecule has 0 spiro atoms. The molecule has 142 valence electrons. The molecule has 0 fully saturated rings. The Bertz CT molecular complexity index is 866. The molecule has 0 aromatic heterocycles. The minimum atomic E-state index is -0.495. The third kappa shape index (κ3) is 6.52. The Hall–Kier alpha value is -2.11. The van der Waals surface area contributed by atoms with Crippen LogP contribution < -0.4 is 25.6 Å². The van der Waals surface area contributed by atoms with Gasteiger partial charge in [0.05, 0.1) is 15.7 Å². The number of para-hydroxylation sites is 1. The molecular formula is C17H15ClIN3O4S. The zero-order valence-electron chi connectivity index (χ0n) is 14.0. The van der Waals surface area contributed by atoms with Crippen LogP contribution in [0.4, 0.5) is 0 Å². The number of nitrogens with one attached hydrogen (secondary N) is 3. The summed E-state index contributed by atoms with van der Waals surface area (Å²) in [5.41, 5.74) is 5.16. The van der Waals surface area contributed by atoms with Gasteiger partial charge in [0.1, 0.15) is 11.5 Å². The van der Waals surface area contributed by atoms with E-state index in [9.17, 15) is 9.59 Å².